The van der Waals surface area contributed by atoms with E-state index in [1.165, 1.54) is 5.56 Å². The Morgan fingerprint density at radius 1 is 1.05 bits per heavy atom. The molecule has 0 aliphatic rings. The minimum atomic E-state index is 0.0153. The molecule has 2 aromatic carbocycles. The molecule has 0 saturated carbocycles. The number of anilines is 2. The number of aryl methyl sites for hydroxylation is 2. The van der Waals surface area contributed by atoms with Crippen LogP contribution in [-0.2, 0) is 4.79 Å². The SMILES string of the molecule is Cc1ccccc1NCCC(=O)Nc1ccc(Br)cc1C. The Labute approximate surface area is 133 Å². The zero-order chi connectivity index (χ0) is 15.2. The van der Waals surface area contributed by atoms with E-state index in [9.17, 15) is 4.79 Å². The first-order valence-corrected chi connectivity index (χ1v) is 7.71. The summed E-state index contributed by atoms with van der Waals surface area (Å²) in [6, 6.07) is 13.9. The summed E-state index contributed by atoms with van der Waals surface area (Å²) in [7, 11) is 0. The van der Waals surface area contributed by atoms with Gasteiger partial charge in [-0.1, -0.05) is 34.1 Å². The van der Waals surface area contributed by atoms with Gasteiger partial charge in [0.25, 0.3) is 0 Å². The first-order valence-electron chi connectivity index (χ1n) is 6.92. The van der Waals surface area contributed by atoms with Crippen molar-refractivity contribution in [2.75, 3.05) is 17.2 Å². The predicted octanol–water partition coefficient (Wildman–Crippen LogP) is 4.51. The Bertz CT molecular complexity index is 640. The first-order chi connectivity index (χ1) is 10.1. The van der Waals surface area contributed by atoms with Crippen LogP contribution in [0.2, 0.25) is 0 Å². The van der Waals surface area contributed by atoms with E-state index in [1.807, 2.05) is 56.3 Å². The van der Waals surface area contributed by atoms with Gasteiger partial charge in [0.15, 0.2) is 0 Å². The number of para-hydroxylation sites is 1. The van der Waals surface area contributed by atoms with Gasteiger partial charge in [-0.15, -0.1) is 0 Å². The van der Waals surface area contributed by atoms with Gasteiger partial charge in [0.1, 0.15) is 0 Å². The summed E-state index contributed by atoms with van der Waals surface area (Å²) in [5.74, 6) is 0.0153. The highest BCUT2D eigenvalue weighted by Gasteiger charge is 2.05. The summed E-state index contributed by atoms with van der Waals surface area (Å²) in [6.45, 7) is 4.64. The molecule has 0 bridgehead atoms. The van der Waals surface area contributed by atoms with Gasteiger partial charge < -0.3 is 10.6 Å². The highest BCUT2D eigenvalue weighted by atomic mass is 79.9. The van der Waals surface area contributed by atoms with Crippen molar-refractivity contribution in [1.82, 2.24) is 0 Å². The Morgan fingerprint density at radius 2 is 1.81 bits per heavy atom. The van der Waals surface area contributed by atoms with Crippen LogP contribution in [0.25, 0.3) is 0 Å². The summed E-state index contributed by atoms with van der Waals surface area (Å²) < 4.78 is 1.01. The van der Waals surface area contributed by atoms with Gasteiger partial charge in [0.05, 0.1) is 0 Å². The zero-order valence-corrected chi connectivity index (χ0v) is 13.8. The molecule has 4 heteroatoms. The number of carbonyl (C=O) groups excluding carboxylic acids is 1. The van der Waals surface area contributed by atoms with Crippen molar-refractivity contribution in [3.05, 3.63) is 58.1 Å². The monoisotopic (exact) mass is 346 g/mol. The average Bonchev–Trinajstić information content (AvgIpc) is 2.44. The number of nitrogens with one attached hydrogen (secondary N) is 2. The standard InChI is InChI=1S/C17H19BrN2O/c1-12-5-3-4-6-15(12)19-10-9-17(21)20-16-8-7-14(18)11-13(16)2/h3-8,11,19H,9-10H2,1-2H3,(H,20,21). The first kappa shape index (κ1) is 15.6. The van der Waals surface area contributed by atoms with Gasteiger partial charge in [0.2, 0.25) is 5.91 Å². The van der Waals surface area contributed by atoms with Gasteiger partial charge in [-0.05, 0) is 49.2 Å². The maximum Gasteiger partial charge on any atom is 0.226 e. The number of amides is 1. The molecule has 0 aromatic heterocycles. The molecular formula is C17H19BrN2O. The van der Waals surface area contributed by atoms with E-state index in [0.717, 1.165) is 21.4 Å². The topological polar surface area (TPSA) is 41.1 Å². The van der Waals surface area contributed by atoms with Crippen LogP contribution in [-0.4, -0.2) is 12.5 Å². The van der Waals surface area contributed by atoms with Gasteiger partial charge in [-0.2, -0.15) is 0 Å². The normalized spacial score (nSPS) is 10.2. The molecule has 0 unspecified atom stereocenters. The fourth-order valence-electron chi connectivity index (χ4n) is 2.06. The Kier molecular flexibility index (Phi) is 5.39. The minimum Gasteiger partial charge on any atom is -0.384 e. The lowest BCUT2D eigenvalue weighted by molar-refractivity contribution is -0.115. The maximum absolute atomic E-state index is 12.0. The molecule has 2 N–H and O–H groups in total. The van der Waals surface area contributed by atoms with Crippen LogP contribution in [0.5, 0.6) is 0 Å². The molecule has 110 valence electrons. The van der Waals surface area contributed by atoms with Crippen LogP contribution >= 0.6 is 15.9 Å². The van der Waals surface area contributed by atoms with Crippen molar-refractivity contribution in [2.45, 2.75) is 20.3 Å². The van der Waals surface area contributed by atoms with E-state index in [-0.39, 0.29) is 5.91 Å². The molecule has 0 aliphatic heterocycles. The summed E-state index contributed by atoms with van der Waals surface area (Å²) >= 11 is 3.41. The van der Waals surface area contributed by atoms with Gasteiger partial charge in [0, 0.05) is 28.8 Å². The molecule has 0 atom stereocenters. The lowest BCUT2D eigenvalue weighted by atomic mass is 10.2. The zero-order valence-electron chi connectivity index (χ0n) is 12.2. The second-order valence-electron chi connectivity index (χ2n) is 5.00. The molecular weight excluding hydrogens is 328 g/mol. The van der Waals surface area contributed by atoms with E-state index < -0.39 is 0 Å². The number of hydrogen-bond donors (Lipinski definition) is 2. The molecule has 2 aromatic rings. The molecule has 0 aliphatic carbocycles. The lowest BCUT2D eigenvalue weighted by Gasteiger charge is -2.11. The fraction of sp³-hybridized carbons (Fsp3) is 0.235. The van der Waals surface area contributed by atoms with Crippen LogP contribution in [0.3, 0.4) is 0 Å². The molecule has 1 amide bonds. The van der Waals surface area contributed by atoms with E-state index in [2.05, 4.69) is 26.6 Å². The lowest BCUT2D eigenvalue weighted by Crippen LogP contribution is -2.17. The molecule has 0 radical (unpaired) electrons. The molecule has 2 rings (SSSR count). The maximum atomic E-state index is 12.0. The Hall–Kier alpha value is -1.81. The van der Waals surface area contributed by atoms with E-state index >= 15 is 0 Å². The number of benzene rings is 2. The quantitative estimate of drug-likeness (QED) is 0.836. The summed E-state index contributed by atoms with van der Waals surface area (Å²) in [6.07, 6.45) is 0.434. The average molecular weight is 347 g/mol. The van der Waals surface area contributed by atoms with Crippen molar-refractivity contribution in [3.8, 4) is 0 Å². The Morgan fingerprint density at radius 3 is 2.52 bits per heavy atom. The van der Waals surface area contributed by atoms with Crippen LogP contribution in [0, 0.1) is 13.8 Å². The van der Waals surface area contributed by atoms with Crippen molar-refractivity contribution < 1.29 is 4.79 Å². The van der Waals surface area contributed by atoms with E-state index in [0.29, 0.717) is 13.0 Å². The van der Waals surface area contributed by atoms with Crippen LogP contribution in [0.1, 0.15) is 17.5 Å². The molecule has 0 fully saturated rings. The molecule has 0 spiro atoms. The van der Waals surface area contributed by atoms with Gasteiger partial charge >= 0.3 is 0 Å². The third-order valence-electron chi connectivity index (χ3n) is 3.28. The third kappa shape index (κ3) is 4.60. The number of rotatable bonds is 5. The second kappa shape index (κ2) is 7.27. The highest BCUT2D eigenvalue weighted by Crippen LogP contribution is 2.20. The van der Waals surface area contributed by atoms with Crippen molar-refractivity contribution in [1.29, 1.82) is 0 Å². The number of hydrogen-bond acceptors (Lipinski definition) is 2. The van der Waals surface area contributed by atoms with Crippen molar-refractivity contribution in [2.24, 2.45) is 0 Å². The fourth-order valence-corrected chi connectivity index (χ4v) is 2.54. The van der Waals surface area contributed by atoms with Crippen LogP contribution in [0.15, 0.2) is 46.9 Å². The Balaban J connectivity index is 1.84. The number of halogens is 1. The number of carbonyl (C=O) groups is 1. The predicted molar refractivity (Wildman–Crippen MR) is 91.8 cm³/mol. The van der Waals surface area contributed by atoms with Gasteiger partial charge in [-0.3, -0.25) is 4.79 Å². The smallest absolute Gasteiger partial charge is 0.226 e. The van der Waals surface area contributed by atoms with Crippen molar-refractivity contribution in [3.63, 3.8) is 0 Å². The van der Waals surface area contributed by atoms with E-state index in [1.54, 1.807) is 0 Å². The summed E-state index contributed by atoms with van der Waals surface area (Å²) in [5, 5.41) is 6.22. The largest absolute Gasteiger partial charge is 0.384 e. The highest BCUT2D eigenvalue weighted by molar-refractivity contribution is 9.10. The third-order valence-corrected chi connectivity index (χ3v) is 3.77. The van der Waals surface area contributed by atoms with E-state index in [4.69, 9.17) is 0 Å². The molecule has 3 nitrogen and oxygen atoms in total. The van der Waals surface area contributed by atoms with Crippen LogP contribution < -0.4 is 10.6 Å². The molecule has 0 heterocycles. The van der Waals surface area contributed by atoms with Crippen molar-refractivity contribution >= 4 is 33.2 Å². The summed E-state index contributed by atoms with van der Waals surface area (Å²) in [4.78, 5) is 12.0. The minimum absolute atomic E-state index is 0.0153. The molecule has 21 heavy (non-hydrogen) atoms. The van der Waals surface area contributed by atoms with Crippen LogP contribution in [0.4, 0.5) is 11.4 Å². The summed E-state index contributed by atoms with van der Waals surface area (Å²) in [5.41, 5.74) is 4.16. The van der Waals surface area contributed by atoms with Gasteiger partial charge in [-0.25, -0.2) is 0 Å². The molecule has 0 saturated heterocycles. The second-order valence-corrected chi connectivity index (χ2v) is 5.91.